The lowest BCUT2D eigenvalue weighted by Crippen LogP contribution is -2.35. The Labute approximate surface area is 106 Å². The Hall–Kier alpha value is -1.36. The number of alkyl halides is 3. The molecule has 0 heterocycles. The molecule has 0 fully saturated rings. The maximum atomic E-state index is 12.1. The fourth-order valence-electron chi connectivity index (χ4n) is 0.895. The average Bonchev–Trinajstić information content (AvgIpc) is 2.31. The molecular weight excluding hydrogens is 297 g/mol. The van der Waals surface area contributed by atoms with Crippen molar-refractivity contribution in [2.24, 2.45) is 0 Å². The van der Waals surface area contributed by atoms with Crippen molar-refractivity contribution in [2.45, 2.75) is 24.5 Å². The summed E-state index contributed by atoms with van der Waals surface area (Å²) in [7, 11) is -4.11. The summed E-state index contributed by atoms with van der Waals surface area (Å²) >= 11 is 0. The highest BCUT2D eigenvalue weighted by molar-refractivity contribution is 7.87. The lowest BCUT2D eigenvalue weighted by atomic mass is 10.2. The number of ether oxygens (including phenoxy) is 2. The van der Waals surface area contributed by atoms with Crippen LogP contribution in [0.25, 0.3) is 0 Å². The summed E-state index contributed by atoms with van der Waals surface area (Å²) in [5.41, 5.74) is -5.68. The van der Waals surface area contributed by atoms with Gasteiger partial charge in [-0.1, -0.05) is 0 Å². The second-order valence-corrected chi connectivity index (χ2v) is 4.69. The molecule has 7 nitrogen and oxygen atoms in total. The predicted octanol–water partition coefficient (Wildman–Crippen LogP) is 0.347. The molecule has 0 aliphatic carbocycles. The Morgan fingerprint density at radius 2 is 1.68 bits per heavy atom. The Morgan fingerprint density at radius 1 is 1.16 bits per heavy atom. The number of halogens is 3. The van der Waals surface area contributed by atoms with Crippen molar-refractivity contribution in [1.82, 2.24) is 0 Å². The maximum absolute atomic E-state index is 12.1. The molecule has 0 N–H and O–H groups in total. The van der Waals surface area contributed by atoms with Gasteiger partial charge < -0.3 is 9.47 Å². The van der Waals surface area contributed by atoms with Crippen LogP contribution in [0.5, 0.6) is 0 Å². The van der Waals surface area contributed by atoms with E-state index in [1.165, 1.54) is 0 Å². The molecule has 1 unspecified atom stereocenters. The van der Waals surface area contributed by atoms with Crippen molar-refractivity contribution in [3.8, 4) is 0 Å². The van der Waals surface area contributed by atoms with Gasteiger partial charge in [0.05, 0.1) is 14.2 Å². The van der Waals surface area contributed by atoms with E-state index in [1.807, 2.05) is 0 Å². The lowest BCUT2D eigenvalue weighted by Gasteiger charge is -2.15. The van der Waals surface area contributed by atoms with E-state index in [0.717, 1.165) is 14.2 Å². The number of carbonyl (C=O) groups is 2. The summed E-state index contributed by atoms with van der Waals surface area (Å²) in [5.74, 6) is -2.20. The van der Waals surface area contributed by atoms with Crippen molar-refractivity contribution < 1.29 is 44.8 Å². The van der Waals surface area contributed by atoms with Crippen LogP contribution < -0.4 is 0 Å². The summed E-state index contributed by atoms with van der Waals surface area (Å²) in [6.45, 7) is 0. The monoisotopic (exact) mass is 308 g/mol. The van der Waals surface area contributed by atoms with Crippen molar-refractivity contribution >= 4 is 22.1 Å². The zero-order valence-corrected chi connectivity index (χ0v) is 10.7. The number of hydrogen-bond donors (Lipinski definition) is 0. The van der Waals surface area contributed by atoms with Gasteiger partial charge in [-0.15, -0.1) is 0 Å². The average molecular weight is 308 g/mol. The van der Waals surface area contributed by atoms with Gasteiger partial charge in [0.2, 0.25) is 0 Å². The Kier molecular flexibility index (Phi) is 6.22. The first-order valence-electron chi connectivity index (χ1n) is 4.69. The fraction of sp³-hybridized carbons (Fsp3) is 0.750. The van der Waals surface area contributed by atoms with Gasteiger partial charge in [-0.3, -0.25) is 4.79 Å². The maximum Gasteiger partial charge on any atom is 0.523 e. The van der Waals surface area contributed by atoms with Crippen LogP contribution >= 0.6 is 0 Å². The molecular formula is C8H11F3O7S. The highest BCUT2D eigenvalue weighted by Gasteiger charge is 2.49. The zero-order chi connectivity index (χ0) is 15.3. The lowest BCUT2D eigenvalue weighted by molar-refractivity contribution is -0.150. The molecule has 0 amide bonds. The molecule has 1 atom stereocenters. The van der Waals surface area contributed by atoms with Crippen LogP contribution in [0, 0.1) is 0 Å². The summed E-state index contributed by atoms with van der Waals surface area (Å²) in [4.78, 5) is 21.9. The van der Waals surface area contributed by atoms with Gasteiger partial charge in [-0.25, -0.2) is 8.98 Å². The minimum absolute atomic E-state index is 0.510. The molecule has 0 rings (SSSR count). The zero-order valence-electron chi connectivity index (χ0n) is 9.89. The topological polar surface area (TPSA) is 96.0 Å². The predicted molar refractivity (Wildman–Crippen MR) is 53.1 cm³/mol. The Bertz CT molecular complexity index is 428. The molecule has 0 saturated carbocycles. The van der Waals surface area contributed by atoms with Crippen molar-refractivity contribution in [1.29, 1.82) is 0 Å². The quantitative estimate of drug-likeness (QED) is 0.397. The molecule has 19 heavy (non-hydrogen) atoms. The Balaban J connectivity index is 4.89. The SMILES string of the molecule is COC(=O)CCC(OS(=O)(=O)C(F)(F)F)C(=O)OC. The van der Waals surface area contributed by atoms with Crippen molar-refractivity contribution in [3.63, 3.8) is 0 Å². The van der Waals surface area contributed by atoms with Crippen LogP contribution in [0.3, 0.4) is 0 Å². The van der Waals surface area contributed by atoms with Gasteiger partial charge in [0.25, 0.3) is 0 Å². The van der Waals surface area contributed by atoms with E-state index in [2.05, 4.69) is 13.7 Å². The van der Waals surface area contributed by atoms with Crippen LogP contribution in [0.15, 0.2) is 0 Å². The van der Waals surface area contributed by atoms with E-state index in [1.54, 1.807) is 0 Å². The van der Waals surface area contributed by atoms with E-state index >= 15 is 0 Å². The van der Waals surface area contributed by atoms with Crippen molar-refractivity contribution in [3.05, 3.63) is 0 Å². The van der Waals surface area contributed by atoms with Gasteiger partial charge in [-0.2, -0.15) is 21.6 Å². The Morgan fingerprint density at radius 3 is 2.05 bits per heavy atom. The second-order valence-electron chi connectivity index (χ2n) is 3.12. The molecule has 0 aromatic heterocycles. The molecule has 0 aromatic rings. The molecule has 0 aliphatic heterocycles. The van der Waals surface area contributed by atoms with Gasteiger partial charge in [-0.05, 0) is 6.42 Å². The second kappa shape index (κ2) is 6.70. The smallest absolute Gasteiger partial charge is 0.469 e. The summed E-state index contributed by atoms with van der Waals surface area (Å²) in [5, 5.41) is 0. The number of hydrogen-bond acceptors (Lipinski definition) is 7. The third-order valence-electron chi connectivity index (χ3n) is 1.83. The first-order valence-corrected chi connectivity index (χ1v) is 6.10. The number of methoxy groups -OCH3 is 2. The van der Waals surface area contributed by atoms with Crippen LogP contribution in [0.2, 0.25) is 0 Å². The number of carbonyl (C=O) groups excluding carboxylic acids is 2. The number of rotatable bonds is 6. The van der Waals surface area contributed by atoms with E-state index in [0.29, 0.717) is 0 Å². The third kappa shape index (κ3) is 5.42. The van der Waals surface area contributed by atoms with Crippen LogP contribution in [0.4, 0.5) is 13.2 Å². The van der Waals surface area contributed by atoms with Crippen molar-refractivity contribution in [2.75, 3.05) is 14.2 Å². The molecule has 11 heteroatoms. The van der Waals surface area contributed by atoms with Crippen LogP contribution in [-0.2, 0) is 33.4 Å². The standard InChI is InChI=1S/C8H11F3O7S/c1-16-6(12)4-3-5(7(13)17-2)18-19(14,15)8(9,10)11/h5H,3-4H2,1-2H3. The fourth-order valence-corrected chi connectivity index (χ4v) is 1.48. The van der Waals surface area contributed by atoms with Gasteiger partial charge in [0.1, 0.15) is 0 Å². The first kappa shape index (κ1) is 17.6. The summed E-state index contributed by atoms with van der Waals surface area (Å²) < 4.78 is 69.7. The van der Waals surface area contributed by atoms with E-state index in [4.69, 9.17) is 0 Å². The van der Waals surface area contributed by atoms with E-state index in [9.17, 15) is 31.2 Å². The molecule has 0 aliphatic rings. The summed E-state index contributed by atoms with van der Waals surface area (Å²) in [6.07, 6.45) is -3.21. The van der Waals surface area contributed by atoms with Crippen LogP contribution in [0.1, 0.15) is 12.8 Å². The van der Waals surface area contributed by atoms with Gasteiger partial charge in [0, 0.05) is 6.42 Å². The van der Waals surface area contributed by atoms with Crippen LogP contribution in [-0.4, -0.2) is 46.2 Å². The third-order valence-corrected chi connectivity index (χ3v) is 2.88. The molecule has 0 spiro atoms. The number of esters is 2. The largest absolute Gasteiger partial charge is 0.523 e. The van der Waals surface area contributed by atoms with Gasteiger partial charge >= 0.3 is 27.6 Å². The molecule has 0 radical (unpaired) electrons. The van der Waals surface area contributed by atoms with E-state index < -0.39 is 46.5 Å². The van der Waals surface area contributed by atoms with Gasteiger partial charge in [0.15, 0.2) is 6.10 Å². The molecule has 0 aromatic carbocycles. The molecule has 0 bridgehead atoms. The van der Waals surface area contributed by atoms with E-state index in [-0.39, 0.29) is 0 Å². The molecule has 0 saturated heterocycles. The molecule has 112 valence electrons. The summed E-state index contributed by atoms with van der Waals surface area (Å²) in [6, 6.07) is 0. The minimum Gasteiger partial charge on any atom is -0.469 e. The highest BCUT2D eigenvalue weighted by Crippen LogP contribution is 2.26. The normalized spacial score (nSPS) is 13.7. The first-order chi connectivity index (χ1) is 8.55. The highest BCUT2D eigenvalue weighted by atomic mass is 32.2. The minimum atomic E-state index is -5.96.